The standard InChI is InChI=1S/C21H24N4O2/c1-3-4-5-10-20-23-15(2)24-25(20)14-16-11-12-19(22-13-16)17-8-6-7-9-18(17)21(26)27/h6-9,11-13H,3-5,10,14H2,1-2H3,(H,26,27). The first kappa shape index (κ1) is 18.8. The van der Waals surface area contributed by atoms with Gasteiger partial charge in [0.05, 0.1) is 17.8 Å². The van der Waals surface area contributed by atoms with Crippen LogP contribution in [-0.2, 0) is 13.0 Å². The lowest BCUT2D eigenvalue weighted by Crippen LogP contribution is -2.08. The van der Waals surface area contributed by atoms with Crippen LogP contribution in [0.3, 0.4) is 0 Å². The number of carboxylic acid groups (broad SMARTS) is 1. The minimum absolute atomic E-state index is 0.253. The molecule has 0 aliphatic rings. The average Bonchev–Trinajstić information content (AvgIpc) is 3.01. The molecule has 0 amide bonds. The van der Waals surface area contributed by atoms with Gasteiger partial charge in [-0.25, -0.2) is 14.5 Å². The normalized spacial score (nSPS) is 10.9. The van der Waals surface area contributed by atoms with Crippen molar-refractivity contribution in [3.8, 4) is 11.3 Å². The number of rotatable bonds is 8. The lowest BCUT2D eigenvalue weighted by Gasteiger charge is -2.08. The lowest BCUT2D eigenvalue weighted by molar-refractivity contribution is 0.0697. The van der Waals surface area contributed by atoms with Crippen LogP contribution in [0.5, 0.6) is 0 Å². The van der Waals surface area contributed by atoms with Gasteiger partial charge in [-0.3, -0.25) is 4.98 Å². The largest absolute Gasteiger partial charge is 0.478 e. The Morgan fingerprint density at radius 2 is 1.96 bits per heavy atom. The van der Waals surface area contributed by atoms with Crippen LogP contribution in [0.25, 0.3) is 11.3 Å². The van der Waals surface area contributed by atoms with Gasteiger partial charge in [0, 0.05) is 18.2 Å². The number of carboxylic acids is 1. The fraction of sp³-hybridized carbons (Fsp3) is 0.333. The van der Waals surface area contributed by atoms with Gasteiger partial charge in [0.1, 0.15) is 11.6 Å². The molecule has 0 fully saturated rings. The molecule has 2 heterocycles. The van der Waals surface area contributed by atoms with E-state index in [9.17, 15) is 9.90 Å². The molecule has 3 rings (SSSR count). The van der Waals surface area contributed by atoms with E-state index in [4.69, 9.17) is 0 Å². The maximum atomic E-state index is 11.4. The highest BCUT2D eigenvalue weighted by atomic mass is 16.4. The summed E-state index contributed by atoms with van der Waals surface area (Å²) < 4.78 is 1.94. The van der Waals surface area contributed by atoms with E-state index in [0.717, 1.165) is 30.1 Å². The Balaban J connectivity index is 1.78. The average molecular weight is 364 g/mol. The van der Waals surface area contributed by atoms with Crippen molar-refractivity contribution in [2.45, 2.75) is 46.1 Å². The van der Waals surface area contributed by atoms with E-state index in [1.165, 1.54) is 12.8 Å². The van der Waals surface area contributed by atoms with Gasteiger partial charge in [-0.05, 0) is 31.0 Å². The van der Waals surface area contributed by atoms with Crippen molar-refractivity contribution in [3.63, 3.8) is 0 Å². The minimum Gasteiger partial charge on any atom is -0.478 e. The fourth-order valence-corrected chi connectivity index (χ4v) is 3.09. The molecule has 2 aromatic heterocycles. The highest BCUT2D eigenvalue weighted by molar-refractivity contribution is 5.95. The predicted molar refractivity (Wildman–Crippen MR) is 104 cm³/mol. The van der Waals surface area contributed by atoms with Gasteiger partial charge < -0.3 is 5.11 Å². The number of unbranched alkanes of at least 4 members (excludes halogenated alkanes) is 2. The van der Waals surface area contributed by atoms with Crippen molar-refractivity contribution in [3.05, 3.63) is 65.4 Å². The Hall–Kier alpha value is -3.02. The Labute approximate surface area is 158 Å². The van der Waals surface area contributed by atoms with Crippen LogP contribution in [0.15, 0.2) is 42.6 Å². The molecule has 0 unspecified atom stereocenters. The van der Waals surface area contributed by atoms with Gasteiger partial charge in [0.25, 0.3) is 0 Å². The summed E-state index contributed by atoms with van der Waals surface area (Å²) in [4.78, 5) is 20.4. The minimum atomic E-state index is -0.953. The smallest absolute Gasteiger partial charge is 0.336 e. The molecule has 1 N–H and O–H groups in total. The lowest BCUT2D eigenvalue weighted by atomic mass is 10.0. The molecule has 0 aliphatic carbocycles. The second kappa shape index (κ2) is 8.58. The number of aromatic nitrogens is 4. The molecule has 140 valence electrons. The second-order valence-electron chi connectivity index (χ2n) is 6.59. The van der Waals surface area contributed by atoms with E-state index >= 15 is 0 Å². The third-order valence-corrected chi connectivity index (χ3v) is 4.45. The molecule has 3 aromatic rings. The van der Waals surface area contributed by atoms with Crippen molar-refractivity contribution in [2.75, 3.05) is 0 Å². The number of hydrogen-bond acceptors (Lipinski definition) is 4. The molecular weight excluding hydrogens is 340 g/mol. The Morgan fingerprint density at radius 1 is 1.15 bits per heavy atom. The van der Waals surface area contributed by atoms with E-state index in [2.05, 4.69) is 22.0 Å². The molecule has 0 saturated carbocycles. The summed E-state index contributed by atoms with van der Waals surface area (Å²) in [6, 6.07) is 10.7. The van der Waals surface area contributed by atoms with Crippen LogP contribution in [-0.4, -0.2) is 30.8 Å². The molecular formula is C21H24N4O2. The monoisotopic (exact) mass is 364 g/mol. The molecule has 1 aromatic carbocycles. The van der Waals surface area contributed by atoms with Gasteiger partial charge in [0.15, 0.2) is 0 Å². The van der Waals surface area contributed by atoms with E-state index in [0.29, 0.717) is 17.8 Å². The van der Waals surface area contributed by atoms with Crippen molar-refractivity contribution in [1.82, 2.24) is 19.7 Å². The molecule has 0 bridgehead atoms. The first-order valence-corrected chi connectivity index (χ1v) is 9.26. The van der Waals surface area contributed by atoms with E-state index in [-0.39, 0.29) is 5.56 Å². The third-order valence-electron chi connectivity index (χ3n) is 4.45. The summed E-state index contributed by atoms with van der Waals surface area (Å²) in [6.45, 7) is 4.70. The fourth-order valence-electron chi connectivity index (χ4n) is 3.09. The summed E-state index contributed by atoms with van der Waals surface area (Å²) in [6.07, 6.45) is 6.17. The van der Waals surface area contributed by atoms with Crippen molar-refractivity contribution in [2.24, 2.45) is 0 Å². The van der Waals surface area contributed by atoms with E-state index in [1.807, 2.05) is 29.8 Å². The predicted octanol–water partition coefficient (Wildman–Crippen LogP) is 4.13. The van der Waals surface area contributed by atoms with Crippen molar-refractivity contribution >= 4 is 5.97 Å². The molecule has 27 heavy (non-hydrogen) atoms. The zero-order valence-corrected chi connectivity index (χ0v) is 15.7. The Bertz CT molecular complexity index is 916. The summed E-state index contributed by atoms with van der Waals surface area (Å²) in [7, 11) is 0. The molecule has 6 nitrogen and oxygen atoms in total. The van der Waals surface area contributed by atoms with Gasteiger partial charge in [-0.15, -0.1) is 0 Å². The van der Waals surface area contributed by atoms with Gasteiger partial charge >= 0.3 is 5.97 Å². The summed E-state index contributed by atoms with van der Waals surface area (Å²) in [5.41, 5.74) is 2.53. The number of nitrogens with zero attached hydrogens (tertiary/aromatic N) is 4. The second-order valence-corrected chi connectivity index (χ2v) is 6.59. The number of aromatic carboxylic acids is 1. The van der Waals surface area contributed by atoms with E-state index < -0.39 is 5.97 Å². The van der Waals surface area contributed by atoms with Crippen LogP contribution in [0, 0.1) is 6.92 Å². The SMILES string of the molecule is CCCCCc1nc(C)nn1Cc1ccc(-c2ccccc2C(=O)O)nc1. The first-order valence-electron chi connectivity index (χ1n) is 9.26. The molecule has 0 radical (unpaired) electrons. The number of pyridine rings is 1. The Kier molecular flexibility index (Phi) is 5.96. The van der Waals surface area contributed by atoms with Gasteiger partial charge in [-0.1, -0.05) is 44.0 Å². The zero-order valence-electron chi connectivity index (χ0n) is 15.7. The number of aryl methyl sites for hydroxylation is 2. The summed E-state index contributed by atoms with van der Waals surface area (Å²) >= 11 is 0. The maximum absolute atomic E-state index is 11.4. The number of carbonyl (C=O) groups is 1. The molecule has 0 spiro atoms. The van der Waals surface area contributed by atoms with Crippen LogP contribution < -0.4 is 0 Å². The maximum Gasteiger partial charge on any atom is 0.336 e. The zero-order chi connectivity index (χ0) is 19.2. The van der Waals surface area contributed by atoms with E-state index in [1.54, 1.807) is 24.4 Å². The van der Waals surface area contributed by atoms with Crippen LogP contribution in [0.2, 0.25) is 0 Å². The summed E-state index contributed by atoms with van der Waals surface area (Å²) in [5.74, 6) is 0.828. The third kappa shape index (κ3) is 4.58. The molecule has 0 saturated heterocycles. The first-order chi connectivity index (χ1) is 13.1. The molecule has 6 heteroatoms. The van der Waals surface area contributed by atoms with Gasteiger partial charge in [-0.2, -0.15) is 5.10 Å². The highest BCUT2D eigenvalue weighted by Crippen LogP contribution is 2.22. The highest BCUT2D eigenvalue weighted by Gasteiger charge is 2.12. The quantitative estimate of drug-likeness (QED) is 0.608. The van der Waals surface area contributed by atoms with Gasteiger partial charge in [0.2, 0.25) is 0 Å². The number of benzene rings is 1. The molecule has 0 atom stereocenters. The summed E-state index contributed by atoms with van der Waals surface area (Å²) in [5, 5.41) is 13.9. The van der Waals surface area contributed by atoms with Crippen LogP contribution in [0.4, 0.5) is 0 Å². The van der Waals surface area contributed by atoms with Crippen molar-refractivity contribution in [1.29, 1.82) is 0 Å². The van der Waals surface area contributed by atoms with Crippen molar-refractivity contribution < 1.29 is 9.90 Å². The van der Waals surface area contributed by atoms with Crippen LogP contribution >= 0.6 is 0 Å². The Morgan fingerprint density at radius 3 is 2.67 bits per heavy atom. The molecule has 0 aliphatic heterocycles. The topological polar surface area (TPSA) is 80.9 Å². The van der Waals surface area contributed by atoms with Crippen LogP contribution in [0.1, 0.15) is 53.8 Å². The number of hydrogen-bond donors (Lipinski definition) is 1.